The summed E-state index contributed by atoms with van der Waals surface area (Å²) in [6.07, 6.45) is 2.84. The van der Waals surface area contributed by atoms with Crippen molar-refractivity contribution in [2.24, 2.45) is 0 Å². The van der Waals surface area contributed by atoms with E-state index in [2.05, 4.69) is 34.4 Å². The Balaban J connectivity index is 1.90. The van der Waals surface area contributed by atoms with Crippen molar-refractivity contribution in [1.82, 2.24) is 15.2 Å². The first kappa shape index (κ1) is 16.0. The minimum absolute atomic E-state index is 0.268. The molecule has 0 radical (unpaired) electrons. The largest absolute Gasteiger partial charge is 0.313 e. The molecule has 1 aromatic heterocycles. The fraction of sp³-hybridized carbons (Fsp3) is 0.353. The van der Waals surface area contributed by atoms with Crippen molar-refractivity contribution in [1.29, 1.82) is 0 Å². The van der Waals surface area contributed by atoms with Crippen LogP contribution in [0.2, 0.25) is 5.02 Å². The monoisotopic (exact) mass is 303 g/mol. The van der Waals surface area contributed by atoms with Crippen molar-refractivity contribution in [3.8, 4) is 0 Å². The first-order valence-corrected chi connectivity index (χ1v) is 7.58. The SMILES string of the molecule is CNC(CCN(C)Cc1ccccn1)c1ccccc1Cl. The molecule has 1 N–H and O–H groups in total. The smallest absolute Gasteiger partial charge is 0.0543 e. The summed E-state index contributed by atoms with van der Waals surface area (Å²) in [5.41, 5.74) is 2.26. The third kappa shape index (κ3) is 4.81. The molecule has 1 atom stereocenters. The second kappa shape index (κ2) is 8.13. The second-order valence-electron chi connectivity index (χ2n) is 5.21. The summed E-state index contributed by atoms with van der Waals surface area (Å²) in [6.45, 7) is 1.84. The fourth-order valence-corrected chi connectivity index (χ4v) is 2.68. The molecule has 0 fully saturated rings. The van der Waals surface area contributed by atoms with Gasteiger partial charge >= 0.3 is 0 Å². The van der Waals surface area contributed by atoms with Gasteiger partial charge < -0.3 is 10.2 Å². The topological polar surface area (TPSA) is 28.2 Å². The predicted molar refractivity (Wildman–Crippen MR) is 88.4 cm³/mol. The van der Waals surface area contributed by atoms with Gasteiger partial charge in [0.25, 0.3) is 0 Å². The minimum Gasteiger partial charge on any atom is -0.313 e. The lowest BCUT2D eigenvalue weighted by molar-refractivity contribution is 0.301. The van der Waals surface area contributed by atoms with Crippen LogP contribution in [0.15, 0.2) is 48.7 Å². The van der Waals surface area contributed by atoms with Crippen molar-refractivity contribution >= 4 is 11.6 Å². The molecule has 2 rings (SSSR count). The number of pyridine rings is 1. The Hall–Kier alpha value is -1.42. The number of rotatable bonds is 7. The predicted octanol–water partition coefficient (Wildman–Crippen LogP) is 3.52. The van der Waals surface area contributed by atoms with Gasteiger partial charge in [-0.2, -0.15) is 0 Å². The van der Waals surface area contributed by atoms with Crippen molar-refractivity contribution < 1.29 is 0 Å². The molecule has 2 aromatic rings. The molecular weight excluding hydrogens is 282 g/mol. The van der Waals surface area contributed by atoms with Crippen LogP contribution in [0, 0.1) is 0 Å². The molecular formula is C17H22ClN3. The van der Waals surface area contributed by atoms with E-state index in [1.807, 2.05) is 43.6 Å². The Kier molecular flexibility index (Phi) is 6.18. The van der Waals surface area contributed by atoms with E-state index in [0.717, 1.165) is 35.8 Å². The van der Waals surface area contributed by atoms with Gasteiger partial charge in [-0.05, 0) is 44.3 Å². The molecule has 0 spiro atoms. The lowest BCUT2D eigenvalue weighted by atomic mass is 10.0. The molecule has 112 valence electrons. The van der Waals surface area contributed by atoms with E-state index in [0.29, 0.717) is 0 Å². The number of nitrogens with zero attached hydrogens (tertiary/aromatic N) is 2. The van der Waals surface area contributed by atoms with Gasteiger partial charge in [0.15, 0.2) is 0 Å². The molecule has 1 heterocycles. The Bertz CT molecular complexity index is 545. The maximum Gasteiger partial charge on any atom is 0.0543 e. The molecule has 1 aromatic carbocycles. The van der Waals surface area contributed by atoms with Crippen LogP contribution in [0.5, 0.6) is 0 Å². The van der Waals surface area contributed by atoms with Crippen LogP contribution in [0.25, 0.3) is 0 Å². The highest BCUT2D eigenvalue weighted by Gasteiger charge is 2.13. The second-order valence-corrected chi connectivity index (χ2v) is 5.62. The Morgan fingerprint density at radius 1 is 1.19 bits per heavy atom. The quantitative estimate of drug-likeness (QED) is 0.848. The van der Waals surface area contributed by atoms with E-state index in [1.54, 1.807) is 0 Å². The number of hydrogen-bond acceptors (Lipinski definition) is 3. The van der Waals surface area contributed by atoms with Crippen molar-refractivity contribution in [2.75, 3.05) is 20.6 Å². The summed E-state index contributed by atoms with van der Waals surface area (Å²) >= 11 is 6.28. The third-order valence-corrected chi connectivity index (χ3v) is 3.93. The zero-order chi connectivity index (χ0) is 15.1. The molecule has 0 aliphatic carbocycles. The number of aromatic nitrogens is 1. The van der Waals surface area contributed by atoms with Crippen LogP contribution in [0.4, 0.5) is 0 Å². The Morgan fingerprint density at radius 2 is 1.95 bits per heavy atom. The van der Waals surface area contributed by atoms with Gasteiger partial charge in [0.05, 0.1) is 5.69 Å². The van der Waals surface area contributed by atoms with Gasteiger partial charge in [-0.1, -0.05) is 35.9 Å². The van der Waals surface area contributed by atoms with Gasteiger partial charge in [-0.25, -0.2) is 0 Å². The number of halogens is 1. The number of hydrogen-bond donors (Lipinski definition) is 1. The van der Waals surface area contributed by atoms with Crippen LogP contribution < -0.4 is 5.32 Å². The molecule has 0 saturated heterocycles. The zero-order valence-electron chi connectivity index (χ0n) is 12.6. The Morgan fingerprint density at radius 3 is 2.62 bits per heavy atom. The molecule has 0 amide bonds. The summed E-state index contributed by atoms with van der Waals surface area (Å²) in [5.74, 6) is 0. The molecule has 0 aliphatic heterocycles. The molecule has 0 bridgehead atoms. The molecule has 4 heteroatoms. The molecule has 0 saturated carbocycles. The van der Waals surface area contributed by atoms with Crippen molar-refractivity contribution in [2.45, 2.75) is 19.0 Å². The Labute approximate surface area is 132 Å². The lowest BCUT2D eigenvalue weighted by Gasteiger charge is -2.22. The maximum absolute atomic E-state index is 6.28. The first-order chi connectivity index (χ1) is 10.2. The average molecular weight is 304 g/mol. The summed E-state index contributed by atoms with van der Waals surface area (Å²) in [6, 6.07) is 14.3. The normalized spacial score (nSPS) is 12.6. The standard InChI is InChI=1S/C17H22ClN3/c1-19-17(15-8-3-4-9-16(15)18)10-12-21(2)13-14-7-5-6-11-20-14/h3-9,11,17,19H,10,12-13H2,1-2H3. The van der Waals surface area contributed by atoms with Gasteiger partial charge in [0.2, 0.25) is 0 Å². The van der Waals surface area contributed by atoms with Crippen LogP contribution in [-0.2, 0) is 6.54 Å². The first-order valence-electron chi connectivity index (χ1n) is 7.21. The van der Waals surface area contributed by atoms with E-state index in [9.17, 15) is 0 Å². The average Bonchev–Trinajstić information content (AvgIpc) is 2.50. The highest BCUT2D eigenvalue weighted by atomic mass is 35.5. The van der Waals surface area contributed by atoms with Crippen LogP contribution >= 0.6 is 11.6 Å². The molecule has 0 aliphatic rings. The lowest BCUT2D eigenvalue weighted by Crippen LogP contribution is -2.25. The van der Waals surface area contributed by atoms with E-state index in [4.69, 9.17) is 11.6 Å². The maximum atomic E-state index is 6.28. The number of nitrogens with one attached hydrogen (secondary N) is 1. The van der Waals surface area contributed by atoms with Gasteiger partial charge in [-0.15, -0.1) is 0 Å². The summed E-state index contributed by atoms with van der Waals surface area (Å²) in [4.78, 5) is 6.64. The van der Waals surface area contributed by atoms with Gasteiger partial charge in [-0.3, -0.25) is 4.98 Å². The molecule has 1 unspecified atom stereocenters. The molecule has 3 nitrogen and oxygen atoms in total. The van der Waals surface area contributed by atoms with Gasteiger partial charge in [0, 0.05) is 30.4 Å². The summed E-state index contributed by atoms with van der Waals surface area (Å²) in [7, 11) is 4.10. The number of benzene rings is 1. The van der Waals surface area contributed by atoms with E-state index in [1.165, 1.54) is 0 Å². The zero-order valence-corrected chi connectivity index (χ0v) is 13.3. The summed E-state index contributed by atoms with van der Waals surface area (Å²) in [5, 5.41) is 4.18. The van der Waals surface area contributed by atoms with E-state index < -0.39 is 0 Å². The minimum atomic E-state index is 0.268. The van der Waals surface area contributed by atoms with Gasteiger partial charge in [0.1, 0.15) is 0 Å². The summed E-state index contributed by atoms with van der Waals surface area (Å²) < 4.78 is 0. The van der Waals surface area contributed by atoms with Crippen molar-refractivity contribution in [3.63, 3.8) is 0 Å². The highest BCUT2D eigenvalue weighted by molar-refractivity contribution is 6.31. The van der Waals surface area contributed by atoms with E-state index >= 15 is 0 Å². The van der Waals surface area contributed by atoms with Crippen molar-refractivity contribution in [3.05, 3.63) is 64.9 Å². The van der Waals surface area contributed by atoms with Crippen LogP contribution in [0.1, 0.15) is 23.7 Å². The van der Waals surface area contributed by atoms with Crippen LogP contribution in [0.3, 0.4) is 0 Å². The third-order valence-electron chi connectivity index (χ3n) is 3.59. The molecule has 21 heavy (non-hydrogen) atoms. The van der Waals surface area contributed by atoms with E-state index in [-0.39, 0.29) is 6.04 Å². The van der Waals surface area contributed by atoms with Crippen LogP contribution in [-0.4, -0.2) is 30.5 Å². The highest BCUT2D eigenvalue weighted by Crippen LogP contribution is 2.24. The fourth-order valence-electron chi connectivity index (χ4n) is 2.41.